The van der Waals surface area contributed by atoms with Crippen molar-refractivity contribution in [3.05, 3.63) is 107 Å². The number of nitrogens with zero attached hydrogens (tertiary/aromatic N) is 4. The van der Waals surface area contributed by atoms with Gasteiger partial charge in [0.25, 0.3) is 0 Å². The van der Waals surface area contributed by atoms with Gasteiger partial charge >= 0.3 is 17.1 Å². The minimum Gasteiger partial charge on any atom is -0.662 e. The molecule has 4 aromatic heterocycles. The van der Waals surface area contributed by atoms with E-state index in [4.69, 9.17) is 28.8 Å². The zero-order chi connectivity index (χ0) is 28.2. The number of aromatic nitrogens is 4. The van der Waals surface area contributed by atoms with Crippen LogP contribution in [0.5, 0.6) is 0 Å². The molecule has 2 aromatic carbocycles. The smallest absolute Gasteiger partial charge is 0.662 e. The Morgan fingerprint density at radius 1 is 0.488 bits per heavy atom. The SMILES string of the molecule is CC1(C)c2nc(co2)C(C)(C)c2[n-]c(c3ccccc23)C(C)(C)c2[n-]c(c3ccccc23)C(C)(C)c2coc1n2.[Cu+2]. The predicted molar refractivity (Wildman–Crippen MR) is 156 cm³/mol. The van der Waals surface area contributed by atoms with Gasteiger partial charge in [-0.15, -0.1) is 22.8 Å². The fourth-order valence-corrected chi connectivity index (χ4v) is 6.30. The Kier molecular flexibility index (Phi) is 5.88. The van der Waals surface area contributed by atoms with Crippen molar-refractivity contribution in [1.29, 1.82) is 0 Å². The van der Waals surface area contributed by atoms with E-state index in [2.05, 4.69) is 90.1 Å². The molecule has 8 bridgehead atoms. The van der Waals surface area contributed by atoms with Crippen molar-refractivity contribution in [1.82, 2.24) is 19.9 Å². The summed E-state index contributed by atoms with van der Waals surface area (Å²) in [6, 6.07) is 17.0. The van der Waals surface area contributed by atoms with Gasteiger partial charge < -0.3 is 18.8 Å². The first kappa shape index (κ1) is 27.6. The van der Waals surface area contributed by atoms with Crippen molar-refractivity contribution in [2.24, 2.45) is 0 Å². The molecule has 0 aliphatic carbocycles. The molecule has 41 heavy (non-hydrogen) atoms. The first-order chi connectivity index (χ1) is 18.8. The average Bonchev–Trinajstić information content (AvgIpc) is 3.71. The second kappa shape index (κ2) is 8.73. The minimum absolute atomic E-state index is 0. The van der Waals surface area contributed by atoms with Crippen LogP contribution in [-0.2, 0) is 38.7 Å². The predicted octanol–water partition coefficient (Wildman–Crippen LogP) is 7.50. The minimum atomic E-state index is -0.679. The largest absolute Gasteiger partial charge is 2.00 e. The van der Waals surface area contributed by atoms with E-state index in [-0.39, 0.29) is 17.1 Å². The summed E-state index contributed by atoms with van der Waals surface area (Å²) in [5, 5.41) is 4.52. The van der Waals surface area contributed by atoms with Gasteiger partial charge in [-0.25, -0.2) is 9.97 Å². The van der Waals surface area contributed by atoms with Crippen LogP contribution < -0.4 is 9.97 Å². The second-order valence-electron chi connectivity index (χ2n) is 13.3. The summed E-state index contributed by atoms with van der Waals surface area (Å²) in [6.45, 7) is 17.2. The Balaban J connectivity index is 0.00000302. The third-order valence-corrected chi connectivity index (χ3v) is 9.05. The quantitative estimate of drug-likeness (QED) is 0.170. The summed E-state index contributed by atoms with van der Waals surface area (Å²) in [7, 11) is 0. The van der Waals surface area contributed by atoms with Gasteiger partial charge in [-0.1, -0.05) is 90.1 Å². The van der Waals surface area contributed by atoms with Crippen molar-refractivity contribution < 1.29 is 25.9 Å². The van der Waals surface area contributed by atoms with Crippen molar-refractivity contribution in [3.8, 4) is 0 Å². The molecule has 7 heteroatoms. The van der Waals surface area contributed by atoms with Crippen molar-refractivity contribution in [2.45, 2.75) is 77.0 Å². The summed E-state index contributed by atoms with van der Waals surface area (Å²) in [5.41, 5.74) is 3.43. The van der Waals surface area contributed by atoms with E-state index in [1.54, 1.807) is 12.5 Å². The molecule has 1 aliphatic rings. The van der Waals surface area contributed by atoms with Crippen LogP contribution in [0.4, 0.5) is 0 Å². The summed E-state index contributed by atoms with van der Waals surface area (Å²) in [4.78, 5) is 20.9. The molecule has 6 nitrogen and oxygen atoms in total. The summed E-state index contributed by atoms with van der Waals surface area (Å²) >= 11 is 0. The molecular weight excluding hydrogens is 560 g/mol. The number of hydrogen-bond donors (Lipinski definition) is 0. The molecule has 0 unspecified atom stereocenters. The van der Waals surface area contributed by atoms with E-state index in [1.807, 2.05) is 13.8 Å². The number of benzene rings is 2. The summed E-state index contributed by atoms with van der Waals surface area (Å²) < 4.78 is 12.3. The fourth-order valence-electron chi connectivity index (χ4n) is 6.30. The summed E-state index contributed by atoms with van der Waals surface area (Å²) in [5.74, 6) is 1.12. The molecule has 213 valence electrons. The van der Waals surface area contributed by atoms with Gasteiger partial charge in [-0.05, 0) is 40.8 Å². The molecule has 5 heterocycles. The maximum Gasteiger partial charge on any atom is 2.00 e. The Morgan fingerprint density at radius 2 is 0.805 bits per heavy atom. The van der Waals surface area contributed by atoms with Gasteiger partial charge in [-0.3, -0.25) is 0 Å². The number of oxazole rings is 2. The van der Waals surface area contributed by atoms with Crippen molar-refractivity contribution in [2.75, 3.05) is 0 Å². The molecule has 6 aromatic rings. The normalized spacial score (nSPS) is 18.3. The molecule has 0 spiro atoms. The number of rotatable bonds is 0. The van der Waals surface area contributed by atoms with Crippen molar-refractivity contribution >= 4 is 21.5 Å². The molecule has 1 aliphatic heterocycles. The van der Waals surface area contributed by atoms with E-state index in [0.717, 1.165) is 55.7 Å². The average molecular weight is 594 g/mol. The van der Waals surface area contributed by atoms with E-state index in [1.165, 1.54) is 0 Å². The Bertz CT molecular complexity index is 1790. The standard InChI is InChI=1S/C34H34N4O2.Cu/c1-31(2)23-17-39-29(35-23)34(7,8)30-36-24(18-40-30)32(3,4)26-20-14-10-12-16-22(20)28(38-26)33(5,6)27-21-15-11-9-13-19(21)25(31)37-27;/h9-18H,1-8H3;/q-2;+2. The van der Waals surface area contributed by atoms with Crippen LogP contribution in [-0.4, -0.2) is 9.97 Å². The van der Waals surface area contributed by atoms with Crippen LogP contribution in [0.2, 0.25) is 0 Å². The molecule has 0 atom stereocenters. The number of hydrogen-bond acceptors (Lipinski definition) is 4. The monoisotopic (exact) mass is 593 g/mol. The summed E-state index contributed by atoms with van der Waals surface area (Å²) in [6.07, 6.45) is 3.52. The van der Waals surface area contributed by atoms with E-state index < -0.39 is 21.7 Å². The second-order valence-corrected chi connectivity index (χ2v) is 13.3. The molecule has 1 radical (unpaired) electrons. The molecule has 0 amide bonds. The van der Waals surface area contributed by atoms with E-state index in [9.17, 15) is 0 Å². The molecule has 7 rings (SSSR count). The van der Waals surface area contributed by atoms with Crippen LogP contribution in [0.3, 0.4) is 0 Å². The first-order valence-corrected chi connectivity index (χ1v) is 13.9. The van der Waals surface area contributed by atoms with Crippen LogP contribution in [0.25, 0.3) is 21.5 Å². The van der Waals surface area contributed by atoms with Crippen LogP contribution >= 0.6 is 0 Å². The van der Waals surface area contributed by atoms with Gasteiger partial charge in [0.05, 0.1) is 11.4 Å². The van der Waals surface area contributed by atoms with Gasteiger partial charge in [0.1, 0.15) is 17.9 Å². The maximum atomic E-state index is 6.14. The molecule has 0 saturated carbocycles. The van der Waals surface area contributed by atoms with Crippen LogP contribution in [0, 0.1) is 0 Å². The van der Waals surface area contributed by atoms with Gasteiger partial charge in [-0.2, -0.15) is 0 Å². The Hall–Kier alpha value is -3.54. The molecule has 0 fully saturated rings. The number of fused-ring (bicyclic) bond motifs is 14. The molecule has 0 N–H and O–H groups in total. The molecular formula is C34H34CuN4O2. The fraction of sp³-hybridized carbons (Fsp3) is 0.353. The van der Waals surface area contributed by atoms with Gasteiger partial charge in [0, 0.05) is 10.8 Å². The van der Waals surface area contributed by atoms with Crippen LogP contribution in [0.15, 0.2) is 69.9 Å². The van der Waals surface area contributed by atoms with E-state index >= 15 is 0 Å². The third-order valence-electron chi connectivity index (χ3n) is 9.05. The Morgan fingerprint density at radius 3 is 1.15 bits per heavy atom. The topological polar surface area (TPSA) is 80.3 Å². The Labute approximate surface area is 250 Å². The maximum absolute atomic E-state index is 6.14. The zero-order valence-electron chi connectivity index (χ0n) is 24.7. The van der Waals surface area contributed by atoms with Gasteiger partial charge in [0.2, 0.25) is 11.8 Å². The third kappa shape index (κ3) is 3.68. The van der Waals surface area contributed by atoms with Crippen molar-refractivity contribution in [3.63, 3.8) is 0 Å². The molecule has 0 saturated heterocycles. The zero-order valence-corrected chi connectivity index (χ0v) is 25.6. The van der Waals surface area contributed by atoms with Gasteiger partial charge in [0.15, 0.2) is 0 Å². The van der Waals surface area contributed by atoms with Crippen LogP contribution in [0.1, 0.15) is 101 Å². The van der Waals surface area contributed by atoms with E-state index in [0.29, 0.717) is 11.8 Å². The first-order valence-electron chi connectivity index (χ1n) is 13.9.